The first-order chi connectivity index (χ1) is 10.6. The molecule has 0 spiro atoms. The zero-order valence-electron chi connectivity index (χ0n) is 11.9. The van der Waals surface area contributed by atoms with E-state index >= 15 is 0 Å². The van der Waals surface area contributed by atoms with Crippen LogP contribution < -0.4 is 4.72 Å². The second kappa shape index (κ2) is 6.30. The third kappa shape index (κ3) is 4.30. The summed E-state index contributed by atoms with van der Waals surface area (Å²) in [5.74, 6) is 0. The lowest BCUT2D eigenvalue weighted by atomic mass is 10.1. The van der Waals surface area contributed by atoms with E-state index in [0.29, 0.717) is 0 Å². The molecule has 1 aromatic heterocycles. The van der Waals surface area contributed by atoms with Gasteiger partial charge in [-0.15, -0.1) is 0 Å². The molecule has 0 saturated carbocycles. The molecule has 2 aromatic rings. The normalized spacial score (nSPS) is 14.0. The second-order valence-corrected chi connectivity index (χ2v) is 6.58. The number of alkyl halides is 3. The topological polar surface area (TPSA) is 84.2 Å². The van der Waals surface area contributed by atoms with Crippen LogP contribution in [0.5, 0.6) is 0 Å². The molecule has 1 aromatic carbocycles. The van der Waals surface area contributed by atoms with E-state index in [2.05, 4.69) is 9.71 Å². The maximum atomic E-state index is 12.5. The molecule has 0 radical (unpaired) electrons. The molecule has 0 aliphatic rings. The summed E-state index contributed by atoms with van der Waals surface area (Å²) in [6.07, 6.45) is -3.16. The summed E-state index contributed by atoms with van der Waals surface area (Å²) in [6.45, 7) is -0.385. The Labute approximate surface area is 130 Å². The summed E-state index contributed by atoms with van der Waals surface area (Å²) in [6, 6.07) is 3.85. The Morgan fingerprint density at radius 3 is 2.39 bits per heavy atom. The van der Waals surface area contributed by atoms with Gasteiger partial charge in [-0.05, 0) is 17.7 Å². The zero-order valence-corrected chi connectivity index (χ0v) is 12.8. The Hall–Kier alpha value is -1.91. The van der Waals surface area contributed by atoms with Gasteiger partial charge in [0.05, 0.1) is 18.0 Å². The standard InChI is InChI=1S/C13H14F3N3O3S/c1-19-7-12(17-8-19)23(21,22)18-6-11(20)9-2-4-10(5-3-9)13(14,15)16/h2-5,7-8,11,18,20H,6H2,1H3/t11-/m0/s1. The number of imidazole rings is 1. The minimum atomic E-state index is -4.47. The summed E-state index contributed by atoms with van der Waals surface area (Å²) < 4.78 is 64.8. The van der Waals surface area contributed by atoms with Crippen LogP contribution in [0.4, 0.5) is 13.2 Å². The van der Waals surface area contributed by atoms with Crippen molar-refractivity contribution in [3.05, 3.63) is 47.9 Å². The summed E-state index contributed by atoms with van der Waals surface area (Å²) in [5, 5.41) is 9.69. The molecule has 0 aliphatic heterocycles. The predicted octanol–water partition coefficient (Wildman–Crippen LogP) is 1.45. The van der Waals surface area contributed by atoms with Gasteiger partial charge in [-0.1, -0.05) is 12.1 Å². The van der Waals surface area contributed by atoms with Crippen molar-refractivity contribution in [3.8, 4) is 0 Å². The van der Waals surface area contributed by atoms with Crippen molar-refractivity contribution in [1.29, 1.82) is 0 Å². The number of aryl methyl sites for hydroxylation is 1. The van der Waals surface area contributed by atoms with E-state index in [-0.39, 0.29) is 17.1 Å². The number of rotatable bonds is 5. The highest BCUT2D eigenvalue weighted by molar-refractivity contribution is 7.89. The molecular formula is C13H14F3N3O3S. The maximum Gasteiger partial charge on any atom is 0.416 e. The molecule has 0 saturated heterocycles. The van der Waals surface area contributed by atoms with Crippen LogP contribution in [0.25, 0.3) is 0 Å². The fourth-order valence-electron chi connectivity index (χ4n) is 1.80. The highest BCUT2D eigenvalue weighted by Gasteiger charge is 2.30. The zero-order chi connectivity index (χ0) is 17.3. The average molecular weight is 349 g/mol. The van der Waals surface area contributed by atoms with Crippen molar-refractivity contribution >= 4 is 10.0 Å². The van der Waals surface area contributed by atoms with E-state index < -0.39 is 27.9 Å². The average Bonchev–Trinajstić information content (AvgIpc) is 2.91. The summed E-state index contributed by atoms with van der Waals surface area (Å²) >= 11 is 0. The Bertz CT molecular complexity index is 770. The van der Waals surface area contributed by atoms with Gasteiger partial charge in [0.15, 0.2) is 5.03 Å². The van der Waals surface area contributed by atoms with Crippen LogP contribution >= 0.6 is 0 Å². The molecule has 0 fully saturated rings. The van der Waals surface area contributed by atoms with Crippen LogP contribution in [0.15, 0.2) is 41.8 Å². The van der Waals surface area contributed by atoms with Crippen molar-refractivity contribution in [3.63, 3.8) is 0 Å². The predicted molar refractivity (Wildman–Crippen MR) is 74.8 cm³/mol. The molecule has 2 N–H and O–H groups in total. The Balaban J connectivity index is 2.03. The second-order valence-electron chi connectivity index (χ2n) is 4.86. The van der Waals surface area contributed by atoms with E-state index in [9.17, 15) is 26.7 Å². The monoisotopic (exact) mass is 349 g/mol. The summed E-state index contributed by atoms with van der Waals surface area (Å²) in [7, 11) is -2.30. The number of halogens is 3. The molecule has 0 aliphatic carbocycles. The first-order valence-corrected chi connectivity index (χ1v) is 7.91. The third-order valence-electron chi connectivity index (χ3n) is 3.05. The van der Waals surface area contributed by atoms with Crippen LogP contribution in [0, 0.1) is 0 Å². The molecule has 23 heavy (non-hydrogen) atoms. The van der Waals surface area contributed by atoms with Crippen LogP contribution in [0.3, 0.4) is 0 Å². The molecule has 0 bridgehead atoms. The number of hydrogen-bond acceptors (Lipinski definition) is 4. The third-order valence-corrected chi connectivity index (χ3v) is 4.35. The lowest BCUT2D eigenvalue weighted by Gasteiger charge is -2.13. The molecule has 0 unspecified atom stereocenters. The SMILES string of the molecule is Cn1cnc(S(=O)(=O)NC[C@H](O)c2ccc(C(F)(F)F)cc2)c1. The fraction of sp³-hybridized carbons (Fsp3) is 0.308. The van der Waals surface area contributed by atoms with Crippen molar-refractivity contribution in [2.75, 3.05) is 6.54 Å². The van der Waals surface area contributed by atoms with Gasteiger partial charge in [0, 0.05) is 19.8 Å². The van der Waals surface area contributed by atoms with E-state index in [4.69, 9.17) is 0 Å². The van der Waals surface area contributed by atoms with Gasteiger partial charge in [-0.2, -0.15) is 13.2 Å². The maximum absolute atomic E-state index is 12.5. The van der Waals surface area contributed by atoms with Gasteiger partial charge in [0.1, 0.15) is 0 Å². The lowest BCUT2D eigenvalue weighted by molar-refractivity contribution is -0.137. The highest BCUT2D eigenvalue weighted by atomic mass is 32.2. The largest absolute Gasteiger partial charge is 0.416 e. The van der Waals surface area contributed by atoms with Crippen LogP contribution in [-0.4, -0.2) is 29.6 Å². The van der Waals surface area contributed by atoms with Gasteiger partial charge < -0.3 is 9.67 Å². The van der Waals surface area contributed by atoms with Crippen molar-refractivity contribution < 1.29 is 26.7 Å². The Kier molecular flexibility index (Phi) is 4.78. The first kappa shape index (κ1) is 17.4. The van der Waals surface area contributed by atoms with Gasteiger partial charge in [-0.25, -0.2) is 18.1 Å². The number of benzene rings is 1. The van der Waals surface area contributed by atoms with E-state index in [1.165, 1.54) is 17.1 Å². The van der Waals surface area contributed by atoms with Crippen molar-refractivity contribution in [2.45, 2.75) is 17.3 Å². The van der Waals surface area contributed by atoms with E-state index in [0.717, 1.165) is 24.3 Å². The van der Waals surface area contributed by atoms with Crippen LogP contribution in [0.1, 0.15) is 17.2 Å². The number of sulfonamides is 1. The minimum absolute atomic E-state index is 0.168. The van der Waals surface area contributed by atoms with Gasteiger partial charge in [0.2, 0.25) is 0 Å². The molecular weight excluding hydrogens is 335 g/mol. The number of nitrogens with zero attached hydrogens (tertiary/aromatic N) is 2. The smallest absolute Gasteiger partial charge is 0.387 e. The Morgan fingerprint density at radius 2 is 1.91 bits per heavy atom. The molecule has 0 amide bonds. The van der Waals surface area contributed by atoms with E-state index in [1.54, 1.807) is 7.05 Å². The molecule has 10 heteroatoms. The number of aliphatic hydroxyl groups is 1. The van der Waals surface area contributed by atoms with Gasteiger partial charge >= 0.3 is 6.18 Å². The number of hydrogen-bond donors (Lipinski definition) is 2. The highest BCUT2D eigenvalue weighted by Crippen LogP contribution is 2.29. The molecule has 1 heterocycles. The van der Waals surface area contributed by atoms with Gasteiger partial charge in [-0.3, -0.25) is 0 Å². The molecule has 126 valence electrons. The van der Waals surface area contributed by atoms with E-state index in [1.807, 2.05) is 0 Å². The molecule has 6 nitrogen and oxygen atoms in total. The van der Waals surface area contributed by atoms with Crippen molar-refractivity contribution in [2.24, 2.45) is 7.05 Å². The number of aliphatic hydroxyl groups excluding tert-OH is 1. The number of nitrogens with one attached hydrogen (secondary N) is 1. The minimum Gasteiger partial charge on any atom is -0.387 e. The Morgan fingerprint density at radius 1 is 1.30 bits per heavy atom. The summed E-state index contributed by atoms with van der Waals surface area (Å²) in [5.41, 5.74) is -0.677. The van der Waals surface area contributed by atoms with Gasteiger partial charge in [0.25, 0.3) is 10.0 Å². The lowest BCUT2D eigenvalue weighted by Crippen LogP contribution is -2.28. The molecule has 1 atom stereocenters. The van der Waals surface area contributed by atoms with Crippen LogP contribution in [-0.2, 0) is 23.2 Å². The fourth-order valence-corrected chi connectivity index (χ4v) is 2.82. The summed E-state index contributed by atoms with van der Waals surface area (Å²) in [4.78, 5) is 3.68. The van der Waals surface area contributed by atoms with Crippen molar-refractivity contribution in [1.82, 2.24) is 14.3 Å². The quantitative estimate of drug-likeness (QED) is 0.856. The van der Waals surface area contributed by atoms with Crippen LogP contribution in [0.2, 0.25) is 0 Å². The first-order valence-electron chi connectivity index (χ1n) is 6.42. The number of aromatic nitrogens is 2. The molecule has 2 rings (SSSR count).